The fraction of sp³-hybridized carbons (Fsp3) is 0.353. The molecule has 0 aliphatic heterocycles. The molecule has 4 atom stereocenters. The zero-order chi connectivity index (χ0) is 16.1. The molecule has 118 valence electrons. The second-order valence-corrected chi connectivity index (χ2v) is 7.30. The van der Waals surface area contributed by atoms with Crippen LogP contribution in [-0.4, -0.2) is 22.0 Å². The molecular formula is C17H16N2O3S. The van der Waals surface area contributed by atoms with Crippen LogP contribution in [0, 0.1) is 30.6 Å². The van der Waals surface area contributed by atoms with Gasteiger partial charge in [0.1, 0.15) is 0 Å². The zero-order valence-corrected chi connectivity index (χ0v) is 13.3. The van der Waals surface area contributed by atoms with Gasteiger partial charge in [-0.15, -0.1) is 0 Å². The molecule has 1 amide bonds. The van der Waals surface area contributed by atoms with Crippen LogP contribution in [0.4, 0.5) is 5.13 Å². The first-order chi connectivity index (χ1) is 11.0. The highest BCUT2D eigenvalue weighted by Gasteiger charge is 2.51. The molecule has 1 aromatic carbocycles. The van der Waals surface area contributed by atoms with Crippen LogP contribution in [0.5, 0.6) is 0 Å². The van der Waals surface area contributed by atoms with Gasteiger partial charge in [-0.3, -0.25) is 9.59 Å². The Labute approximate surface area is 137 Å². The number of fused-ring (bicyclic) bond motifs is 3. The first-order valence-corrected chi connectivity index (χ1v) is 8.44. The van der Waals surface area contributed by atoms with Crippen LogP contribution >= 0.6 is 11.3 Å². The number of carboxylic acid groups (broad SMARTS) is 1. The minimum absolute atomic E-state index is 0.0224. The van der Waals surface area contributed by atoms with E-state index in [4.69, 9.17) is 0 Å². The third-order valence-corrected chi connectivity index (χ3v) is 5.83. The number of hydrogen-bond acceptors (Lipinski definition) is 4. The van der Waals surface area contributed by atoms with Crippen LogP contribution in [0.15, 0.2) is 30.4 Å². The maximum absolute atomic E-state index is 12.6. The lowest BCUT2D eigenvalue weighted by atomic mass is 9.82. The van der Waals surface area contributed by atoms with Crippen molar-refractivity contribution in [2.24, 2.45) is 23.7 Å². The minimum Gasteiger partial charge on any atom is -0.481 e. The molecule has 0 saturated heterocycles. The fourth-order valence-corrected chi connectivity index (χ4v) is 4.79. The molecule has 1 fully saturated rings. The van der Waals surface area contributed by atoms with Crippen LogP contribution in [0.2, 0.25) is 0 Å². The van der Waals surface area contributed by atoms with Gasteiger partial charge in [-0.05, 0) is 36.8 Å². The average molecular weight is 328 g/mol. The molecule has 0 radical (unpaired) electrons. The van der Waals surface area contributed by atoms with E-state index in [2.05, 4.69) is 10.3 Å². The van der Waals surface area contributed by atoms with Crippen LogP contribution in [0.3, 0.4) is 0 Å². The molecule has 23 heavy (non-hydrogen) atoms. The summed E-state index contributed by atoms with van der Waals surface area (Å²) in [5.41, 5.74) is 1.95. The Hall–Kier alpha value is -2.21. The van der Waals surface area contributed by atoms with Crippen molar-refractivity contribution >= 4 is 38.6 Å². The van der Waals surface area contributed by atoms with Gasteiger partial charge < -0.3 is 10.4 Å². The molecule has 2 aliphatic rings. The SMILES string of the molecule is Cc1cccc2sc(NC(=O)[C@@H]3[C@@H](C(=O)O)[C@H]4C=C[C@H]3C4)nc12. The number of rotatable bonds is 3. The third-order valence-electron chi connectivity index (χ3n) is 4.90. The molecule has 4 rings (SSSR count). The van der Waals surface area contributed by atoms with Gasteiger partial charge in [0.25, 0.3) is 0 Å². The summed E-state index contributed by atoms with van der Waals surface area (Å²) in [5, 5.41) is 12.8. The van der Waals surface area contributed by atoms with Crippen molar-refractivity contribution < 1.29 is 14.7 Å². The third kappa shape index (κ3) is 2.25. The molecule has 1 heterocycles. The first-order valence-electron chi connectivity index (χ1n) is 7.63. The van der Waals surface area contributed by atoms with Crippen molar-refractivity contribution in [3.8, 4) is 0 Å². The van der Waals surface area contributed by atoms with E-state index in [-0.39, 0.29) is 17.7 Å². The number of hydrogen-bond donors (Lipinski definition) is 2. The molecule has 1 saturated carbocycles. The Bertz CT molecular complexity index is 841. The van der Waals surface area contributed by atoms with E-state index in [1.807, 2.05) is 37.3 Å². The van der Waals surface area contributed by atoms with E-state index in [1.54, 1.807) is 0 Å². The van der Waals surface area contributed by atoms with E-state index in [0.717, 1.165) is 22.2 Å². The minimum atomic E-state index is -0.887. The molecule has 2 aliphatic carbocycles. The van der Waals surface area contributed by atoms with E-state index >= 15 is 0 Å². The van der Waals surface area contributed by atoms with E-state index in [9.17, 15) is 14.7 Å². The number of carbonyl (C=O) groups is 2. The number of thiazole rings is 1. The number of nitrogens with one attached hydrogen (secondary N) is 1. The molecular weight excluding hydrogens is 312 g/mol. The van der Waals surface area contributed by atoms with Gasteiger partial charge in [-0.25, -0.2) is 4.98 Å². The number of para-hydroxylation sites is 1. The van der Waals surface area contributed by atoms with E-state index in [1.165, 1.54) is 11.3 Å². The number of carboxylic acids is 1. The van der Waals surface area contributed by atoms with Gasteiger partial charge in [0.05, 0.1) is 22.1 Å². The van der Waals surface area contributed by atoms with Gasteiger partial charge in [0.2, 0.25) is 5.91 Å². The molecule has 2 aromatic rings. The topological polar surface area (TPSA) is 79.3 Å². The number of aryl methyl sites for hydroxylation is 1. The molecule has 6 heteroatoms. The van der Waals surface area contributed by atoms with Crippen LogP contribution in [-0.2, 0) is 9.59 Å². The lowest BCUT2D eigenvalue weighted by molar-refractivity contribution is -0.146. The Balaban J connectivity index is 1.60. The van der Waals surface area contributed by atoms with Crippen molar-refractivity contribution in [3.63, 3.8) is 0 Å². The number of benzene rings is 1. The van der Waals surface area contributed by atoms with Gasteiger partial charge in [-0.1, -0.05) is 35.6 Å². The highest BCUT2D eigenvalue weighted by molar-refractivity contribution is 7.22. The standard InChI is InChI=1S/C17H16N2O3S/c1-8-3-2-4-11-14(8)18-17(23-11)19-15(20)12-9-5-6-10(7-9)13(12)16(21)22/h2-6,9-10,12-13H,7H2,1H3,(H,21,22)(H,18,19,20)/t9-,10-,12-,13-/m0/s1. The summed E-state index contributed by atoms with van der Waals surface area (Å²) >= 11 is 1.42. The number of aromatic nitrogens is 1. The lowest BCUT2D eigenvalue weighted by Gasteiger charge is -2.23. The summed E-state index contributed by atoms with van der Waals surface area (Å²) < 4.78 is 1.02. The number of amides is 1. The number of aliphatic carboxylic acids is 1. The Morgan fingerprint density at radius 3 is 2.70 bits per heavy atom. The summed E-state index contributed by atoms with van der Waals surface area (Å²) in [6, 6.07) is 5.91. The monoisotopic (exact) mass is 328 g/mol. The average Bonchev–Trinajstić information content (AvgIpc) is 3.19. The highest BCUT2D eigenvalue weighted by Crippen LogP contribution is 2.48. The number of carbonyl (C=O) groups excluding carboxylic acids is 1. The highest BCUT2D eigenvalue weighted by atomic mass is 32.1. The molecule has 0 unspecified atom stereocenters. The van der Waals surface area contributed by atoms with Crippen molar-refractivity contribution in [1.82, 2.24) is 4.98 Å². The largest absolute Gasteiger partial charge is 0.481 e. The molecule has 5 nitrogen and oxygen atoms in total. The summed E-state index contributed by atoms with van der Waals surface area (Å²) in [7, 11) is 0. The van der Waals surface area contributed by atoms with Gasteiger partial charge >= 0.3 is 5.97 Å². The first kappa shape index (κ1) is 14.4. The van der Waals surface area contributed by atoms with Gasteiger partial charge in [0, 0.05) is 0 Å². The summed E-state index contributed by atoms with van der Waals surface area (Å²) in [5.74, 6) is -2.24. The molecule has 0 spiro atoms. The van der Waals surface area contributed by atoms with Gasteiger partial charge in [-0.2, -0.15) is 0 Å². The molecule has 2 bridgehead atoms. The molecule has 2 N–H and O–H groups in total. The quantitative estimate of drug-likeness (QED) is 0.849. The number of anilines is 1. The maximum Gasteiger partial charge on any atom is 0.307 e. The Kier molecular flexibility index (Phi) is 3.23. The number of allylic oxidation sites excluding steroid dienone is 2. The van der Waals surface area contributed by atoms with E-state index in [0.29, 0.717) is 5.13 Å². The summed E-state index contributed by atoms with van der Waals surface area (Å²) in [4.78, 5) is 28.6. The normalized spacial score (nSPS) is 28.4. The predicted molar refractivity (Wildman–Crippen MR) is 88.3 cm³/mol. The summed E-state index contributed by atoms with van der Waals surface area (Å²) in [6.07, 6.45) is 4.68. The van der Waals surface area contributed by atoms with E-state index < -0.39 is 17.8 Å². The van der Waals surface area contributed by atoms with Crippen LogP contribution in [0.1, 0.15) is 12.0 Å². The molecule has 1 aromatic heterocycles. The van der Waals surface area contributed by atoms with Crippen molar-refractivity contribution in [2.45, 2.75) is 13.3 Å². The van der Waals surface area contributed by atoms with Crippen LogP contribution in [0.25, 0.3) is 10.2 Å². The second kappa shape index (κ2) is 5.16. The van der Waals surface area contributed by atoms with Crippen LogP contribution < -0.4 is 5.32 Å². The van der Waals surface area contributed by atoms with Crippen molar-refractivity contribution in [2.75, 3.05) is 5.32 Å². The Morgan fingerprint density at radius 2 is 2.00 bits per heavy atom. The van der Waals surface area contributed by atoms with Crippen molar-refractivity contribution in [1.29, 1.82) is 0 Å². The van der Waals surface area contributed by atoms with Gasteiger partial charge in [0.15, 0.2) is 5.13 Å². The zero-order valence-electron chi connectivity index (χ0n) is 12.5. The predicted octanol–water partition coefficient (Wildman–Crippen LogP) is 3.07. The van der Waals surface area contributed by atoms with Crippen molar-refractivity contribution in [3.05, 3.63) is 35.9 Å². The number of nitrogens with zero attached hydrogens (tertiary/aromatic N) is 1. The second-order valence-electron chi connectivity index (χ2n) is 6.27. The smallest absolute Gasteiger partial charge is 0.307 e. The fourth-order valence-electron chi connectivity index (χ4n) is 3.84. The maximum atomic E-state index is 12.6. The Morgan fingerprint density at radius 1 is 1.26 bits per heavy atom. The lowest BCUT2D eigenvalue weighted by Crippen LogP contribution is -2.36. The summed E-state index contributed by atoms with van der Waals surface area (Å²) in [6.45, 7) is 1.98.